The van der Waals surface area contributed by atoms with Crippen LogP contribution in [0.1, 0.15) is 32.6 Å². The Hall–Kier alpha value is -0.610. The minimum Gasteiger partial charge on any atom is -0.394 e. The highest BCUT2D eigenvalue weighted by Crippen LogP contribution is 2.31. The summed E-state index contributed by atoms with van der Waals surface area (Å²) in [6.45, 7) is 2.17. The zero-order valence-electron chi connectivity index (χ0n) is 9.92. The van der Waals surface area contributed by atoms with Crippen LogP contribution in [0, 0.1) is 0 Å². The van der Waals surface area contributed by atoms with Crippen molar-refractivity contribution in [2.45, 2.75) is 44.2 Å². The quantitative estimate of drug-likeness (QED) is 0.694. The maximum atomic E-state index is 11.5. The molecule has 1 atom stereocenters. The lowest BCUT2D eigenvalue weighted by atomic mass is 9.77. The van der Waals surface area contributed by atoms with E-state index in [0.29, 0.717) is 6.42 Å². The molecule has 1 saturated carbocycles. The molecule has 1 aliphatic rings. The predicted molar refractivity (Wildman–Crippen MR) is 59.6 cm³/mol. The lowest BCUT2D eigenvalue weighted by Gasteiger charge is -2.43. The summed E-state index contributed by atoms with van der Waals surface area (Å²) in [6, 6.07) is 0.132. The van der Waals surface area contributed by atoms with Crippen LogP contribution < -0.4 is 5.32 Å². The number of carbonyl (C=O) groups is 1. The van der Waals surface area contributed by atoms with E-state index in [1.165, 1.54) is 6.42 Å². The van der Waals surface area contributed by atoms with Crippen molar-refractivity contribution in [3.05, 3.63) is 0 Å². The number of hydrogen-bond acceptors (Lipinski definition) is 3. The minimum absolute atomic E-state index is 0.105. The zero-order valence-corrected chi connectivity index (χ0v) is 9.92. The standard InChI is InChI=1S/C11H22N2O2/c1-9(7-10(15)13(2)3)12-11(8-14)5-4-6-11/h9,12,14H,4-8H2,1-3H3. The van der Waals surface area contributed by atoms with Crippen molar-refractivity contribution in [2.75, 3.05) is 20.7 Å². The summed E-state index contributed by atoms with van der Waals surface area (Å²) in [5.41, 5.74) is -0.105. The molecule has 1 aliphatic carbocycles. The van der Waals surface area contributed by atoms with Gasteiger partial charge in [-0.1, -0.05) is 0 Å². The Labute approximate surface area is 91.6 Å². The van der Waals surface area contributed by atoms with Crippen LogP contribution in [-0.4, -0.2) is 48.2 Å². The monoisotopic (exact) mass is 214 g/mol. The van der Waals surface area contributed by atoms with Gasteiger partial charge >= 0.3 is 0 Å². The van der Waals surface area contributed by atoms with Gasteiger partial charge in [0.2, 0.25) is 5.91 Å². The van der Waals surface area contributed by atoms with E-state index >= 15 is 0 Å². The van der Waals surface area contributed by atoms with Crippen molar-refractivity contribution in [3.63, 3.8) is 0 Å². The van der Waals surface area contributed by atoms with E-state index in [4.69, 9.17) is 0 Å². The van der Waals surface area contributed by atoms with Gasteiger partial charge in [-0.3, -0.25) is 4.79 Å². The van der Waals surface area contributed by atoms with Crippen LogP contribution in [0.5, 0.6) is 0 Å². The molecule has 1 amide bonds. The molecule has 2 N–H and O–H groups in total. The summed E-state index contributed by atoms with van der Waals surface area (Å²) in [6.07, 6.45) is 3.70. The van der Waals surface area contributed by atoms with Crippen molar-refractivity contribution < 1.29 is 9.90 Å². The number of aliphatic hydroxyl groups is 1. The molecule has 0 saturated heterocycles. The van der Waals surface area contributed by atoms with E-state index < -0.39 is 0 Å². The van der Waals surface area contributed by atoms with Gasteiger partial charge in [-0.2, -0.15) is 0 Å². The van der Waals surface area contributed by atoms with E-state index in [1.54, 1.807) is 19.0 Å². The first-order chi connectivity index (χ1) is 6.99. The third-order valence-electron chi connectivity index (χ3n) is 3.15. The van der Waals surface area contributed by atoms with Crippen LogP contribution in [0.2, 0.25) is 0 Å². The molecule has 0 radical (unpaired) electrons. The zero-order chi connectivity index (χ0) is 11.5. The van der Waals surface area contributed by atoms with Crippen LogP contribution in [0.3, 0.4) is 0 Å². The second kappa shape index (κ2) is 4.94. The molecular weight excluding hydrogens is 192 g/mol. The van der Waals surface area contributed by atoms with Crippen molar-refractivity contribution in [1.29, 1.82) is 0 Å². The fourth-order valence-corrected chi connectivity index (χ4v) is 1.97. The molecule has 0 bridgehead atoms. The van der Waals surface area contributed by atoms with Gasteiger partial charge in [-0.05, 0) is 26.2 Å². The second-order valence-corrected chi connectivity index (χ2v) is 4.83. The third-order valence-corrected chi connectivity index (χ3v) is 3.15. The molecule has 0 aromatic rings. The first-order valence-corrected chi connectivity index (χ1v) is 5.58. The third kappa shape index (κ3) is 3.18. The van der Waals surface area contributed by atoms with Gasteiger partial charge in [-0.25, -0.2) is 0 Å². The van der Waals surface area contributed by atoms with Crippen LogP contribution in [0.4, 0.5) is 0 Å². The van der Waals surface area contributed by atoms with E-state index in [0.717, 1.165) is 12.8 Å². The van der Waals surface area contributed by atoms with E-state index in [9.17, 15) is 9.90 Å². The lowest BCUT2D eigenvalue weighted by molar-refractivity contribution is -0.129. The van der Waals surface area contributed by atoms with Crippen LogP contribution in [0.25, 0.3) is 0 Å². The summed E-state index contributed by atoms with van der Waals surface area (Å²) in [5.74, 6) is 0.127. The SMILES string of the molecule is CC(CC(=O)N(C)C)NC1(CO)CCC1. The molecule has 0 aromatic heterocycles. The molecule has 1 rings (SSSR count). The topological polar surface area (TPSA) is 52.6 Å². The average molecular weight is 214 g/mol. The fourth-order valence-electron chi connectivity index (χ4n) is 1.97. The maximum Gasteiger partial charge on any atom is 0.223 e. The smallest absolute Gasteiger partial charge is 0.223 e. The first-order valence-electron chi connectivity index (χ1n) is 5.58. The highest BCUT2D eigenvalue weighted by Gasteiger charge is 2.37. The Balaban J connectivity index is 2.35. The van der Waals surface area contributed by atoms with Gasteiger partial charge in [0.25, 0.3) is 0 Å². The molecule has 0 aromatic carbocycles. The molecule has 0 heterocycles. The maximum absolute atomic E-state index is 11.5. The minimum atomic E-state index is -0.105. The first kappa shape index (κ1) is 12.5. The molecule has 88 valence electrons. The van der Waals surface area contributed by atoms with Gasteiger partial charge in [0, 0.05) is 32.1 Å². The van der Waals surface area contributed by atoms with Crippen molar-refractivity contribution in [2.24, 2.45) is 0 Å². The van der Waals surface area contributed by atoms with E-state index in [2.05, 4.69) is 5.32 Å². The predicted octanol–water partition coefficient (Wildman–Crippen LogP) is 0.358. The highest BCUT2D eigenvalue weighted by atomic mass is 16.3. The Morgan fingerprint density at radius 2 is 2.13 bits per heavy atom. The fraction of sp³-hybridized carbons (Fsp3) is 0.909. The highest BCUT2D eigenvalue weighted by molar-refractivity contribution is 5.76. The summed E-state index contributed by atoms with van der Waals surface area (Å²) >= 11 is 0. The molecule has 4 nitrogen and oxygen atoms in total. The van der Waals surface area contributed by atoms with Crippen molar-refractivity contribution in [3.8, 4) is 0 Å². The van der Waals surface area contributed by atoms with Crippen LogP contribution >= 0.6 is 0 Å². The van der Waals surface area contributed by atoms with E-state index in [1.807, 2.05) is 6.92 Å². The molecule has 1 unspecified atom stereocenters. The lowest BCUT2D eigenvalue weighted by Crippen LogP contribution is -2.57. The number of hydrogen-bond donors (Lipinski definition) is 2. The van der Waals surface area contributed by atoms with Gasteiger partial charge in [0.15, 0.2) is 0 Å². The largest absolute Gasteiger partial charge is 0.394 e. The Kier molecular flexibility index (Phi) is 4.11. The van der Waals surface area contributed by atoms with Crippen LogP contribution in [0.15, 0.2) is 0 Å². The number of amides is 1. The summed E-state index contributed by atoms with van der Waals surface area (Å²) in [4.78, 5) is 13.1. The molecule has 0 aliphatic heterocycles. The summed E-state index contributed by atoms with van der Waals surface area (Å²) in [5, 5.41) is 12.6. The number of nitrogens with zero attached hydrogens (tertiary/aromatic N) is 1. The van der Waals surface area contributed by atoms with Gasteiger partial charge in [-0.15, -0.1) is 0 Å². The molecule has 4 heteroatoms. The number of aliphatic hydroxyl groups excluding tert-OH is 1. The average Bonchev–Trinajstić information content (AvgIpc) is 2.11. The van der Waals surface area contributed by atoms with Crippen LogP contribution in [-0.2, 0) is 4.79 Å². The number of nitrogens with one attached hydrogen (secondary N) is 1. The van der Waals surface area contributed by atoms with Crippen molar-refractivity contribution in [1.82, 2.24) is 10.2 Å². The summed E-state index contributed by atoms with van der Waals surface area (Å²) < 4.78 is 0. The Bertz CT molecular complexity index is 219. The molecular formula is C11H22N2O2. The Morgan fingerprint density at radius 1 is 1.53 bits per heavy atom. The van der Waals surface area contributed by atoms with E-state index in [-0.39, 0.29) is 24.1 Å². The van der Waals surface area contributed by atoms with Gasteiger partial charge < -0.3 is 15.3 Å². The second-order valence-electron chi connectivity index (χ2n) is 4.83. The normalized spacial score (nSPS) is 20.5. The van der Waals surface area contributed by atoms with Crippen molar-refractivity contribution >= 4 is 5.91 Å². The molecule has 15 heavy (non-hydrogen) atoms. The van der Waals surface area contributed by atoms with Gasteiger partial charge in [0.1, 0.15) is 0 Å². The van der Waals surface area contributed by atoms with Gasteiger partial charge in [0.05, 0.1) is 6.61 Å². The molecule has 1 fully saturated rings. The Morgan fingerprint density at radius 3 is 2.47 bits per heavy atom. The number of rotatable bonds is 5. The molecule has 0 spiro atoms. The summed E-state index contributed by atoms with van der Waals surface area (Å²) in [7, 11) is 3.53. The number of carbonyl (C=O) groups excluding carboxylic acids is 1.